The largest absolute Gasteiger partial charge is 0.493 e. The van der Waals surface area contributed by atoms with Gasteiger partial charge in [-0.05, 0) is 19.1 Å². The maximum Gasteiger partial charge on any atom is 0.246 e. The number of amides is 1. The van der Waals surface area contributed by atoms with E-state index in [-0.39, 0.29) is 25.7 Å². The number of rotatable bonds is 7. The van der Waals surface area contributed by atoms with Gasteiger partial charge in [-0.2, -0.15) is 0 Å². The topological polar surface area (TPSA) is 56.8 Å². The number of carbonyl (C=O) groups excluding carboxylic acids is 1. The first-order valence-electron chi connectivity index (χ1n) is 6.34. The minimum absolute atomic E-state index is 0.0654. The summed E-state index contributed by atoms with van der Waals surface area (Å²) in [6.45, 7) is 2.94. The Morgan fingerprint density at radius 2 is 2.00 bits per heavy atom. The van der Waals surface area contributed by atoms with Crippen molar-refractivity contribution < 1.29 is 19.0 Å². The normalized spacial score (nSPS) is 9.30. The third-order valence-electron chi connectivity index (χ3n) is 2.31. The summed E-state index contributed by atoms with van der Waals surface area (Å²) < 4.78 is 15.6. The zero-order chi connectivity index (χ0) is 14.6. The molecule has 0 saturated heterocycles. The summed E-state index contributed by atoms with van der Waals surface area (Å²) in [6.07, 6.45) is 0. The highest BCUT2D eigenvalue weighted by Gasteiger charge is 2.00. The lowest BCUT2D eigenvalue weighted by Gasteiger charge is -2.07. The molecule has 5 heteroatoms. The van der Waals surface area contributed by atoms with Crippen molar-refractivity contribution >= 4 is 5.91 Å². The summed E-state index contributed by atoms with van der Waals surface area (Å²) in [5.41, 5.74) is 0. The summed E-state index contributed by atoms with van der Waals surface area (Å²) in [7, 11) is 1.59. The summed E-state index contributed by atoms with van der Waals surface area (Å²) in [4.78, 5) is 11.2. The summed E-state index contributed by atoms with van der Waals surface area (Å²) in [6, 6.07) is 7.35. The minimum Gasteiger partial charge on any atom is -0.493 e. The predicted molar refractivity (Wildman–Crippen MR) is 75.8 cm³/mol. The van der Waals surface area contributed by atoms with Gasteiger partial charge in [-0.15, -0.1) is 0 Å². The van der Waals surface area contributed by atoms with Gasteiger partial charge in [0.15, 0.2) is 11.5 Å². The van der Waals surface area contributed by atoms with E-state index in [1.807, 2.05) is 31.2 Å². The van der Waals surface area contributed by atoms with Crippen LogP contribution in [0.1, 0.15) is 6.92 Å². The van der Waals surface area contributed by atoms with E-state index in [9.17, 15) is 4.79 Å². The molecule has 1 aromatic rings. The van der Waals surface area contributed by atoms with Crippen LogP contribution in [0.15, 0.2) is 24.3 Å². The molecule has 1 aromatic carbocycles. The van der Waals surface area contributed by atoms with Crippen LogP contribution in [0.3, 0.4) is 0 Å². The van der Waals surface area contributed by atoms with E-state index in [0.717, 1.165) is 0 Å². The number of hydrogen-bond donors (Lipinski definition) is 1. The van der Waals surface area contributed by atoms with Gasteiger partial charge in [0.1, 0.15) is 13.2 Å². The lowest BCUT2D eigenvalue weighted by atomic mass is 10.3. The van der Waals surface area contributed by atoms with Gasteiger partial charge in [-0.25, -0.2) is 0 Å². The van der Waals surface area contributed by atoms with Gasteiger partial charge >= 0.3 is 0 Å². The Bertz CT molecular complexity index is 476. The van der Waals surface area contributed by atoms with Crippen LogP contribution in [0.4, 0.5) is 0 Å². The van der Waals surface area contributed by atoms with Gasteiger partial charge < -0.3 is 19.5 Å². The number of carbonyl (C=O) groups is 1. The van der Waals surface area contributed by atoms with Crippen molar-refractivity contribution in [3.05, 3.63) is 24.3 Å². The second-order valence-electron chi connectivity index (χ2n) is 3.71. The SMILES string of the molecule is CCOCC(=O)NCC#CCOc1ccccc1OC. The molecular weight excluding hydrogens is 258 g/mol. The van der Waals surface area contributed by atoms with Crippen molar-refractivity contribution in [1.29, 1.82) is 0 Å². The second kappa shape index (κ2) is 9.70. The average molecular weight is 277 g/mol. The lowest BCUT2D eigenvalue weighted by molar-refractivity contribution is -0.125. The highest BCUT2D eigenvalue weighted by atomic mass is 16.5. The molecule has 5 nitrogen and oxygen atoms in total. The molecular formula is C15H19NO4. The molecule has 108 valence electrons. The Morgan fingerprint density at radius 1 is 1.25 bits per heavy atom. The molecule has 1 rings (SSSR count). The van der Waals surface area contributed by atoms with Gasteiger partial charge in [0.05, 0.1) is 13.7 Å². The third-order valence-corrected chi connectivity index (χ3v) is 2.31. The molecule has 0 aromatic heterocycles. The Kier molecular flexibility index (Phi) is 7.70. The first-order valence-corrected chi connectivity index (χ1v) is 6.34. The molecule has 0 unspecified atom stereocenters. The monoisotopic (exact) mass is 277 g/mol. The maximum absolute atomic E-state index is 11.2. The van der Waals surface area contributed by atoms with E-state index < -0.39 is 0 Å². The smallest absolute Gasteiger partial charge is 0.246 e. The molecule has 0 bridgehead atoms. The zero-order valence-corrected chi connectivity index (χ0v) is 11.8. The van der Waals surface area contributed by atoms with Crippen molar-refractivity contribution in [2.45, 2.75) is 6.92 Å². The molecule has 0 atom stereocenters. The average Bonchev–Trinajstić information content (AvgIpc) is 2.49. The number of benzene rings is 1. The van der Waals surface area contributed by atoms with E-state index >= 15 is 0 Å². The van der Waals surface area contributed by atoms with E-state index in [4.69, 9.17) is 14.2 Å². The van der Waals surface area contributed by atoms with E-state index in [0.29, 0.717) is 18.1 Å². The minimum atomic E-state index is -0.174. The van der Waals surface area contributed by atoms with Crippen LogP contribution in [0.2, 0.25) is 0 Å². The number of methoxy groups -OCH3 is 1. The van der Waals surface area contributed by atoms with Crippen LogP contribution >= 0.6 is 0 Å². The Morgan fingerprint density at radius 3 is 2.70 bits per heavy atom. The molecule has 0 radical (unpaired) electrons. The second-order valence-corrected chi connectivity index (χ2v) is 3.71. The highest BCUT2D eigenvalue weighted by molar-refractivity contribution is 5.77. The molecule has 1 amide bonds. The standard InChI is InChI=1S/C15H19NO4/c1-3-19-12-15(17)16-10-6-7-11-20-14-9-5-4-8-13(14)18-2/h4-5,8-9H,3,10-12H2,1-2H3,(H,16,17). The van der Waals surface area contributed by atoms with Crippen LogP contribution in [0, 0.1) is 11.8 Å². The quantitative estimate of drug-likeness (QED) is 0.762. The number of para-hydroxylation sites is 2. The Balaban J connectivity index is 2.24. The van der Waals surface area contributed by atoms with E-state index in [1.165, 1.54) is 0 Å². The van der Waals surface area contributed by atoms with Gasteiger partial charge in [-0.1, -0.05) is 24.0 Å². The molecule has 20 heavy (non-hydrogen) atoms. The maximum atomic E-state index is 11.2. The molecule has 0 spiro atoms. The van der Waals surface area contributed by atoms with Gasteiger partial charge in [0.2, 0.25) is 5.91 Å². The number of nitrogens with one attached hydrogen (secondary N) is 1. The highest BCUT2D eigenvalue weighted by Crippen LogP contribution is 2.25. The molecule has 0 heterocycles. The van der Waals surface area contributed by atoms with Crippen LogP contribution in [-0.4, -0.2) is 39.4 Å². The van der Waals surface area contributed by atoms with Crippen LogP contribution in [0.25, 0.3) is 0 Å². The van der Waals surface area contributed by atoms with Crippen LogP contribution in [0.5, 0.6) is 11.5 Å². The van der Waals surface area contributed by atoms with Crippen molar-refractivity contribution in [2.75, 3.05) is 33.5 Å². The predicted octanol–water partition coefficient (Wildman–Crippen LogP) is 1.23. The van der Waals surface area contributed by atoms with Crippen molar-refractivity contribution in [2.24, 2.45) is 0 Å². The molecule has 0 aliphatic carbocycles. The fraction of sp³-hybridized carbons (Fsp3) is 0.400. The summed E-state index contributed by atoms with van der Waals surface area (Å²) in [5, 5.41) is 2.62. The zero-order valence-electron chi connectivity index (χ0n) is 11.8. The van der Waals surface area contributed by atoms with Crippen molar-refractivity contribution in [3.63, 3.8) is 0 Å². The van der Waals surface area contributed by atoms with Crippen molar-refractivity contribution in [3.8, 4) is 23.3 Å². The van der Waals surface area contributed by atoms with Crippen molar-refractivity contribution in [1.82, 2.24) is 5.32 Å². The fourth-order valence-electron chi connectivity index (χ4n) is 1.35. The lowest BCUT2D eigenvalue weighted by Crippen LogP contribution is -2.27. The first kappa shape index (κ1) is 15.9. The van der Waals surface area contributed by atoms with Gasteiger partial charge in [0.25, 0.3) is 0 Å². The van der Waals surface area contributed by atoms with Crippen LogP contribution in [-0.2, 0) is 9.53 Å². The van der Waals surface area contributed by atoms with Crippen LogP contribution < -0.4 is 14.8 Å². The van der Waals surface area contributed by atoms with E-state index in [1.54, 1.807) is 7.11 Å². The molecule has 0 aliphatic heterocycles. The van der Waals surface area contributed by atoms with Gasteiger partial charge in [0, 0.05) is 6.61 Å². The third kappa shape index (κ3) is 6.12. The first-order chi connectivity index (χ1) is 9.77. The molecule has 1 N–H and O–H groups in total. The summed E-state index contributed by atoms with van der Waals surface area (Å²) >= 11 is 0. The molecule has 0 aliphatic rings. The van der Waals surface area contributed by atoms with E-state index in [2.05, 4.69) is 17.2 Å². The Hall–Kier alpha value is -2.19. The fourth-order valence-corrected chi connectivity index (χ4v) is 1.35. The Labute approximate surface area is 119 Å². The van der Waals surface area contributed by atoms with Gasteiger partial charge in [-0.3, -0.25) is 4.79 Å². The molecule has 0 saturated carbocycles. The summed E-state index contributed by atoms with van der Waals surface area (Å²) in [5.74, 6) is 6.75. The number of hydrogen-bond acceptors (Lipinski definition) is 4. The molecule has 0 fully saturated rings. The number of ether oxygens (including phenoxy) is 3.